The fraction of sp³-hybridized carbons (Fsp3) is 0.235. The van der Waals surface area contributed by atoms with Crippen molar-refractivity contribution in [3.05, 3.63) is 42.3 Å². The second kappa shape index (κ2) is 8.76. The third-order valence-electron chi connectivity index (χ3n) is 4.47. The van der Waals surface area contributed by atoms with Crippen LogP contribution in [-0.4, -0.2) is 55.4 Å². The van der Waals surface area contributed by atoms with Gasteiger partial charge in [0, 0.05) is 24.4 Å². The number of carbonyl (C=O) groups is 1. The molecule has 1 amide bonds. The number of nitrogens with zero attached hydrogens (tertiary/aromatic N) is 6. The average molecular weight is 449 g/mol. The molecule has 1 saturated heterocycles. The maximum atomic E-state index is 14.8. The fourth-order valence-electron chi connectivity index (χ4n) is 2.97. The third kappa shape index (κ3) is 4.68. The Morgan fingerprint density at radius 1 is 1.39 bits per heavy atom. The topological polar surface area (TPSA) is 145 Å². The Hall–Kier alpha value is -3.41. The number of carbonyl (C=O) groups excluding carboxylic acids is 1. The highest BCUT2D eigenvalue weighted by molar-refractivity contribution is 7.32. The van der Waals surface area contributed by atoms with E-state index in [4.69, 9.17) is 9.63 Å². The molecule has 0 radical (unpaired) electrons. The van der Waals surface area contributed by atoms with Gasteiger partial charge in [0.25, 0.3) is 0 Å². The van der Waals surface area contributed by atoms with Crippen LogP contribution in [0.15, 0.2) is 36.5 Å². The number of halogens is 1. The smallest absolute Gasteiger partial charge is 0.414 e. The van der Waals surface area contributed by atoms with E-state index in [0.29, 0.717) is 28.6 Å². The van der Waals surface area contributed by atoms with E-state index in [1.54, 1.807) is 25.2 Å². The van der Waals surface area contributed by atoms with E-state index < -0.39 is 26.3 Å². The van der Waals surface area contributed by atoms with Crippen molar-refractivity contribution in [1.29, 1.82) is 0 Å². The second-order valence-electron chi connectivity index (χ2n) is 6.54. The molecule has 3 heterocycles. The minimum atomic E-state index is -3.12. The van der Waals surface area contributed by atoms with Crippen LogP contribution in [0.5, 0.6) is 0 Å². The number of hydrogen-bond acceptors (Lipinski definition) is 9. The monoisotopic (exact) mass is 449 g/mol. The van der Waals surface area contributed by atoms with Crippen LogP contribution < -0.4 is 10.2 Å². The number of pyridine rings is 1. The van der Waals surface area contributed by atoms with Crippen molar-refractivity contribution in [2.75, 3.05) is 23.4 Å². The van der Waals surface area contributed by atoms with E-state index in [9.17, 15) is 13.8 Å². The van der Waals surface area contributed by atoms with Gasteiger partial charge in [-0.3, -0.25) is 9.46 Å². The largest absolute Gasteiger partial charge is 0.441 e. The zero-order valence-electron chi connectivity index (χ0n) is 16.1. The Bertz CT molecular complexity index is 1130. The van der Waals surface area contributed by atoms with E-state index in [2.05, 4.69) is 30.3 Å². The van der Waals surface area contributed by atoms with Crippen LogP contribution in [0.25, 0.3) is 11.1 Å². The number of amides is 1. The number of rotatable bonds is 7. The molecular formula is C17H17FN7O5P. The highest BCUT2D eigenvalue weighted by Gasteiger charge is 2.33. The molecule has 2 atom stereocenters. The molecule has 1 aromatic carbocycles. The van der Waals surface area contributed by atoms with Crippen molar-refractivity contribution in [3.63, 3.8) is 0 Å². The van der Waals surface area contributed by atoms with Crippen molar-refractivity contribution >= 4 is 31.8 Å². The highest BCUT2D eigenvalue weighted by atomic mass is 31.1. The summed E-state index contributed by atoms with van der Waals surface area (Å²) in [5, 5.41) is 14.0. The van der Waals surface area contributed by atoms with Crippen LogP contribution in [0.1, 0.15) is 0 Å². The van der Waals surface area contributed by atoms with Crippen LogP contribution in [-0.2, 0) is 20.9 Å². The first kappa shape index (κ1) is 20.8. The van der Waals surface area contributed by atoms with Crippen LogP contribution in [0.3, 0.4) is 0 Å². The summed E-state index contributed by atoms with van der Waals surface area (Å²) in [6.07, 6.45) is 0.0946. The second-order valence-corrected chi connectivity index (χ2v) is 7.36. The predicted molar refractivity (Wildman–Crippen MR) is 106 cm³/mol. The standard InChI is InChI=1S/C17H17FN7O5P/c1-24-16(21-22-23-24)20-15-5-2-10(7-19-15)13-4-3-11(6-14(13)18)25-8-12(30-17(25)26)9-29-31(27)28/h2-7,12,31H,8-9H2,1H3,(H,27,28)(H,19,20,21,23)/t12-/m1/s1. The molecule has 0 aliphatic carbocycles. The number of ether oxygens (including phenoxy) is 1. The van der Waals surface area contributed by atoms with E-state index >= 15 is 0 Å². The molecule has 0 saturated carbocycles. The minimum Gasteiger partial charge on any atom is -0.441 e. The van der Waals surface area contributed by atoms with Gasteiger partial charge in [-0.2, -0.15) is 0 Å². The molecule has 12 nitrogen and oxygen atoms in total. The zero-order valence-corrected chi connectivity index (χ0v) is 17.1. The van der Waals surface area contributed by atoms with Gasteiger partial charge in [-0.05, 0) is 40.8 Å². The van der Waals surface area contributed by atoms with Gasteiger partial charge >= 0.3 is 14.3 Å². The summed E-state index contributed by atoms with van der Waals surface area (Å²) in [5.41, 5.74) is 1.13. The zero-order chi connectivity index (χ0) is 22.0. The first-order valence-corrected chi connectivity index (χ1v) is 10.3. The summed E-state index contributed by atoms with van der Waals surface area (Å²) in [4.78, 5) is 26.3. The third-order valence-corrected chi connectivity index (χ3v) is 4.88. The van der Waals surface area contributed by atoms with Gasteiger partial charge in [0.2, 0.25) is 5.95 Å². The Morgan fingerprint density at radius 3 is 2.87 bits per heavy atom. The van der Waals surface area contributed by atoms with Gasteiger partial charge in [0.15, 0.2) is 0 Å². The van der Waals surface area contributed by atoms with Gasteiger partial charge in [0.1, 0.15) is 17.7 Å². The molecule has 2 N–H and O–H groups in total. The summed E-state index contributed by atoms with van der Waals surface area (Å²) in [5.74, 6) is 0.339. The molecule has 1 aliphatic rings. The Morgan fingerprint density at radius 2 is 2.23 bits per heavy atom. The lowest BCUT2D eigenvalue weighted by Crippen LogP contribution is -2.25. The van der Waals surface area contributed by atoms with Gasteiger partial charge in [0.05, 0.1) is 18.8 Å². The first-order valence-electron chi connectivity index (χ1n) is 9.00. The molecule has 0 spiro atoms. The quantitative estimate of drug-likeness (QED) is 0.513. The van der Waals surface area contributed by atoms with Crippen LogP contribution in [0, 0.1) is 5.82 Å². The predicted octanol–water partition coefficient (Wildman–Crippen LogP) is 1.88. The molecule has 2 aromatic heterocycles. The lowest BCUT2D eigenvalue weighted by atomic mass is 10.1. The molecule has 1 unspecified atom stereocenters. The van der Waals surface area contributed by atoms with Gasteiger partial charge in [-0.1, -0.05) is 5.10 Å². The lowest BCUT2D eigenvalue weighted by molar-refractivity contribution is 0.103. The first-order chi connectivity index (χ1) is 14.9. The normalized spacial score (nSPS) is 16.9. The van der Waals surface area contributed by atoms with Crippen molar-refractivity contribution in [3.8, 4) is 11.1 Å². The van der Waals surface area contributed by atoms with Crippen LogP contribution in [0.4, 0.5) is 26.6 Å². The van der Waals surface area contributed by atoms with E-state index in [1.165, 1.54) is 27.9 Å². The molecule has 1 aliphatic heterocycles. The summed E-state index contributed by atoms with van der Waals surface area (Å²) in [6.45, 7) is -0.140. The van der Waals surface area contributed by atoms with Crippen molar-refractivity contribution < 1.29 is 27.9 Å². The number of benzene rings is 1. The molecule has 3 aromatic rings. The molecular weight excluding hydrogens is 432 g/mol. The molecule has 31 heavy (non-hydrogen) atoms. The summed E-state index contributed by atoms with van der Waals surface area (Å²) < 4.78 is 36.6. The summed E-state index contributed by atoms with van der Waals surface area (Å²) in [6, 6.07) is 7.67. The molecule has 0 bridgehead atoms. The number of cyclic esters (lactones) is 1. The molecule has 1 fully saturated rings. The van der Waals surface area contributed by atoms with E-state index in [0.717, 1.165) is 0 Å². The molecule has 162 valence electrons. The van der Waals surface area contributed by atoms with Crippen molar-refractivity contribution in [2.24, 2.45) is 7.05 Å². The van der Waals surface area contributed by atoms with Crippen LogP contribution >= 0.6 is 8.25 Å². The van der Waals surface area contributed by atoms with E-state index in [1.807, 2.05) is 0 Å². The average Bonchev–Trinajstić information content (AvgIpc) is 3.32. The Kier molecular flexibility index (Phi) is 5.89. The SMILES string of the molecule is Cn1nnnc1Nc1ccc(-c2ccc(N3C[C@H](CO[PH](=O)O)OC3=O)cc2F)cn1. The highest BCUT2D eigenvalue weighted by Crippen LogP contribution is 2.30. The lowest BCUT2D eigenvalue weighted by Gasteiger charge is -2.14. The minimum absolute atomic E-state index is 0.0750. The fourth-order valence-corrected chi connectivity index (χ4v) is 3.29. The van der Waals surface area contributed by atoms with Gasteiger partial charge in [-0.15, -0.1) is 0 Å². The number of aromatic nitrogens is 5. The Balaban J connectivity index is 1.47. The number of nitrogens with one attached hydrogen (secondary N) is 1. The number of tetrazole rings is 1. The summed E-state index contributed by atoms with van der Waals surface area (Å²) in [7, 11) is -1.45. The molecule has 14 heteroatoms. The van der Waals surface area contributed by atoms with Crippen molar-refractivity contribution in [1.82, 2.24) is 25.2 Å². The van der Waals surface area contributed by atoms with E-state index in [-0.39, 0.29) is 13.2 Å². The Labute approximate surface area is 175 Å². The van der Waals surface area contributed by atoms with Gasteiger partial charge < -0.3 is 19.5 Å². The number of aryl methyl sites for hydroxylation is 1. The molecule has 4 rings (SSSR count). The number of hydrogen-bond donors (Lipinski definition) is 2. The van der Waals surface area contributed by atoms with Crippen LogP contribution in [0.2, 0.25) is 0 Å². The maximum absolute atomic E-state index is 14.8. The van der Waals surface area contributed by atoms with Crippen molar-refractivity contribution in [2.45, 2.75) is 6.10 Å². The maximum Gasteiger partial charge on any atom is 0.414 e. The van der Waals surface area contributed by atoms with Gasteiger partial charge in [-0.25, -0.2) is 18.9 Å². The summed E-state index contributed by atoms with van der Waals surface area (Å²) >= 11 is 0. The number of anilines is 3.